The molecule has 0 bridgehead atoms. The number of amides is 1. The highest BCUT2D eigenvalue weighted by Crippen LogP contribution is 2.34. The van der Waals surface area contributed by atoms with Gasteiger partial charge in [-0.2, -0.15) is 0 Å². The van der Waals surface area contributed by atoms with Gasteiger partial charge < -0.3 is 10.1 Å². The molecule has 0 spiro atoms. The molecule has 1 amide bonds. The maximum absolute atomic E-state index is 13.5. The largest absolute Gasteiger partial charge is 0.376 e. The van der Waals surface area contributed by atoms with Crippen LogP contribution in [0.2, 0.25) is 0 Å². The number of hydrogen-bond acceptors (Lipinski definition) is 7. The van der Waals surface area contributed by atoms with Gasteiger partial charge in [0.1, 0.15) is 15.8 Å². The smallest absolute Gasteiger partial charge is 0.267 e. The van der Waals surface area contributed by atoms with E-state index in [0.29, 0.717) is 46.0 Å². The number of nitrogens with one attached hydrogen (secondary N) is 1. The van der Waals surface area contributed by atoms with Crippen LogP contribution in [0.15, 0.2) is 58.4 Å². The lowest BCUT2D eigenvalue weighted by atomic mass is 10.2. The first kappa shape index (κ1) is 22.8. The van der Waals surface area contributed by atoms with Gasteiger partial charge in [-0.05, 0) is 43.0 Å². The van der Waals surface area contributed by atoms with Gasteiger partial charge in [-0.25, -0.2) is 4.98 Å². The molecule has 0 radical (unpaired) electrons. The van der Waals surface area contributed by atoms with Crippen LogP contribution in [0.3, 0.4) is 0 Å². The predicted octanol–water partition coefficient (Wildman–Crippen LogP) is 4.00. The summed E-state index contributed by atoms with van der Waals surface area (Å²) in [6, 6.07) is 13.6. The van der Waals surface area contributed by atoms with Gasteiger partial charge in [-0.3, -0.25) is 18.9 Å². The molecule has 1 N–H and O–H groups in total. The number of carbonyl (C=O) groups excluding carboxylic acids is 1. The van der Waals surface area contributed by atoms with E-state index >= 15 is 0 Å². The van der Waals surface area contributed by atoms with Gasteiger partial charge in [0.05, 0.1) is 23.1 Å². The lowest BCUT2D eigenvalue weighted by Crippen LogP contribution is -2.35. The average molecular weight is 493 g/mol. The molecule has 1 atom stereocenters. The second-order valence-corrected chi connectivity index (χ2v) is 10.0. The minimum Gasteiger partial charge on any atom is -0.376 e. The van der Waals surface area contributed by atoms with Gasteiger partial charge in [0.25, 0.3) is 11.5 Å². The molecule has 4 heterocycles. The summed E-state index contributed by atoms with van der Waals surface area (Å²) in [7, 11) is 0. The number of rotatable bonds is 6. The van der Waals surface area contributed by atoms with Crippen LogP contribution in [0.25, 0.3) is 11.7 Å². The molecule has 0 unspecified atom stereocenters. The van der Waals surface area contributed by atoms with Gasteiger partial charge in [-0.15, -0.1) is 0 Å². The van der Waals surface area contributed by atoms with E-state index in [4.69, 9.17) is 21.9 Å². The zero-order chi connectivity index (χ0) is 23.7. The van der Waals surface area contributed by atoms with Gasteiger partial charge >= 0.3 is 0 Å². The standard InChI is InChI=1S/C25H24N4O3S2/c1-16-7-5-11-28-22(16)27-21(26-14-17-8-3-2-4-9-17)19(23(28)30)13-20-24(31)29(25(33)34-20)15-18-10-6-12-32-18/h2-5,7-9,11,13,18,26H,6,10,12,14-15H2,1H3/b20-13+/t18-/m1/s1. The molecule has 0 saturated carbocycles. The number of thiocarbonyl (C=S) groups is 1. The van der Waals surface area contributed by atoms with Crippen molar-refractivity contribution in [3.63, 3.8) is 0 Å². The van der Waals surface area contributed by atoms with Crippen LogP contribution in [0.1, 0.15) is 29.5 Å². The zero-order valence-corrected chi connectivity index (χ0v) is 20.3. The Morgan fingerprint density at radius 3 is 2.82 bits per heavy atom. The lowest BCUT2D eigenvalue weighted by molar-refractivity contribution is -0.123. The maximum atomic E-state index is 13.5. The highest BCUT2D eigenvalue weighted by Gasteiger charge is 2.35. The molecule has 7 nitrogen and oxygen atoms in total. The molecule has 3 aromatic rings. The van der Waals surface area contributed by atoms with Gasteiger partial charge in [0.2, 0.25) is 0 Å². The van der Waals surface area contributed by atoms with Crippen molar-refractivity contribution in [1.82, 2.24) is 14.3 Å². The summed E-state index contributed by atoms with van der Waals surface area (Å²) in [6.45, 7) is 3.56. The highest BCUT2D eigenvalue weighted by atomic mass is 32.2. The molecular formula is C25H24N4O3S2. The van der Waals surface area contributed by atoms with E-state index in [2.05, 4.69) is 5.32 Å². The third-order valence-corrected chi connectivity index (χ3v) is 7.32. The summed E-state index contributed by atoms with van der Waals surface area (Å²) in [5.74, 6) is 0.237. The number of hydrogen-bond donors (Lipinski definition) is 1. The molecule has 1 aromatic carbocycles. The third kappa shape index (κ3) is 4.51. The van der Waals surface area contributed by atoms with Crippen molar-refractivity contribution in [2.24, 2.45) is 0 Å². The van der Waals surface area contributed by atoms with E-state index in [1.807, 2.05) is 49.4 Å². The Balaban J connectivity index is 1.53. The number of benzene rings is 1. The maximum Gasteiger partial charge on any atom is 0.267 e. The average Bonchev–Trinajstić information content (AvgIpc) is 3.45. The van der Waals surface area contributed by atoms with Crippen molar-refractivity contribution in [2.45, 2.75) is 32.4 Å². The quantitative estimate of drug-likeness (QED) is 0.412. The van der Waals surface area contributed by atoms with E-state index in [0.717, 1.165) is 24.0 Å². The van der Waals surface area contributed by atoms with Gasteiger partial charge in [-0.1, -0.05) is 60.4 Å². The summed E-state index contributed by atoms with van der Waals surface area (Å²) in [5, 5.41) is 3.30. The molecular weight excluding hydrogens is 468 g/mol. The minimum absolute atomic E-state index is 0.000820. The summed E-state index contributed by atoms with van der Waals surface area (Å²) < 4.78 is 7.68. The predicted molar refractivity (Wildman–Crippen MR) is 139 cm³/mol. The minimum atomic E-state index is -0.242. The van der Waals surface area contributed by atoms with Crippen molar-refractivity contribution < 1.29 is 9.53 Å². The Morgan fingerprint density at radius 1 is 1.24 bits per heavy atom. The second kappa shape index (κ2) is 9.69. The van der Waals surface area contributed by atoms with Crippen LogP contribution < -0.4 is 10.9 Å². The molecule has 2 aliphatic rings. The number of ether oxygens (including phenoxy) is 1. The molecule has 2 aliphatic heterocycles. The first-order valence-electron chi connectivity index (χ1n) is 11.2. The second-order valence-electron chi connectivity index (χ2n) is 8.33. The summed E-state index contributed by atoms with van der Waals surface area (Å²) in [6.07, 6.45) is 5.22. The Bertz CT molecular complexity index is 1350. The number of aromatic nitrogens is 2. The SMILES string of the molecule is Cc1cccn2c(=O)c(/C=C3/SC(=S)N(C[C@H]4CCCO4)C3=O)c(NCc3ccccc3)nc12. The molecule has 0 aliphatic carbocycles. The van der Waals surface area contributed by atoms with E-state index < -0.39 is 0 Å². The van der Waals surface area contributed by atoms with Crippen LogP contribution in [-0.4, -0.2) is 43.8 Å². The molecule has 9 heteroatoms. The monoisotopic (exact) mass is 492 g/mol. The van der Waals surface area contributed by atoms with Crippen LogP contribution in [0.4, 0.5) is 5.82 Å². The van der Waals surface area contributed by atoms with Crippen molar-refractivity contribution in [1.29, 1.82) is 0 Å². The van der Waals surface area contributed by atoms with Gasteiger partial charge in [0.15, 0.2) is 0 Å². The zero-order valence-electron chi connectivity index (χ0n) is 18.7. The number of thioether (sulfide) groups is 1. The van der Waals surface area contributed by atoms with E-state index in [1.54, 1.807) is 17.2 Å². The van der Waals surface area contributed by atoms with Crippen LogP contribution in [0.5, 0.6) is 0 Å². The fraction of sp³-hybridized carbons (Fsp3) is 0.280. The van der Waals surface area contributed by atoms with Gasteiger partial charge in [0, 0.05) is 19.3 Å². The molecule has 34 heavy (non-hydrogen) atoms. The number of aryl methyl sites for hydroxylation is 1. The normalized spacial score (nSPS) is 19.5. The van der Waals surface area contributed by atoms with Crippen LogP contribution >= 0.6 is 24.0 Å². The summed E-state index contributed by atoms with van der Waals surface area (Å²) >= 11 is 6.69. The van der Waals surface area contributed by atoms with E-state index in [-0.39, 0.29) is 17.6 Å². The van der Waals surface area contributed by atoms with Crippen molar-refractivity contribution >= 4 is 51.7 Å². The Hall–Kier alpha value is -3.01. The molecule has 2 fully saturated rings. The fourth-order valence-electron chi connectivity index (χ4n) is 4.14. The van der Waals surface area contributed by atoms with E-state index in [1.165, 1.54) is 16.2 Å². The molecule has 174 valence electrons. The number of pyridine rings is 1. The van der Waals surface area contributed by atoms with Crippen molar-refractivity contribution in [2.75, 3.05) is 18.5 Å². The molecule has 2 aromatic heterocycles. The number of nitrogens with zero attached hydrogens (tertiary/aromatic N) is 3. The van der Waals surface area contributed by atoms with Crippen molar-refractivity contribution in [3.8, 4) is 0 Å². The highest BCUT2D eigenvalue weighted by molar-refractivity contribution is 8.26. The molecule has 2 saturated heterocycles. The van der Waals surface area contributed by atoms with Crippen molar-refractivity contribution in [3.05, 3.63) is 80.6 Å². The topological polar surface area (TPSA) is 75.9 Å². The number of fused-ring (bicyclic) bond motifs is 1. The van der Waals surface area contributed by atoms with E-state index in [9.17, 15) is 9.59 Å². The Labute approximate surface area is 206 Å². The summed E-state index contributed by atoms with van der Waals surface area (Å²) in [4.78, 5) is 33.4. The van der Waals surface area contributed by atoms with Crippen LogP contribution in [-0.2, 0) is 16.1 Å². The third-order valence-electron chi connectivity index (χ3n) is 5.95. The molecule has 5 rings (SSSR count). The Morgan fingerprint density at radius 2 is 2.06 bits per heavy atom. The summed E-state index contributed by atoms with van der Waals surface area (Å²) in [5.41, 5.74) is 2.61. The number of carbonyl (C=O) groups is 1. The van der Waals surface area contributed by atoms with Crippen LogP contribution in [0, 0.1) is 6.92 Å². The first-order valence-corrected chi connectivity index (χ1v) is 12.4. The fourth-order valence-corrected chi connectivity index (χ4v) is 5.40. The lowest BCUT2D eigenvalue weighted by Gasteiger charge is -2.18. The Kier molecular flexibility index (Phi) is 6.49. The number of anilines is 1. The first-order chi connectivity index (χ1) is 16.5.